The largest absolute Gasteiger partial charge is 0.370 e. The molecule has 1 N–H and O–H groups in total. The molecule has 0 amide bonds. The molecule has 1 aromatic rings. The lowest BCUT2D eigenvalue weighted by Crippen LogP contribution is -2.37. The van der Waals surface area contributed by atoms with E-state index >= 15 is 0 Å². The number of hydrogen-bond donors (Lipinski definition) is 1. The van der Waals surface area contributed by atoms with Crippen LogP contribution < -0.4 is 10.2 Å². The van der Waals surface area contributed by atoms with E-state index < -0.39 is 0 Å². The predicted molar refractivity (Wildman–Crippen MR) is 80.5 cm³/mol. The van der Waals surface area contributed by atoms with E-state index in [-0.39, 0.29) is 0 Å². The molecule has 4 nitrogen and oxygen atoms in total. The summed E-state index contributed by atoms with van der Waals surface area (Å²) in [5, 5.41) is 3.24. The molecule has 0 saturated carbocycles. The molecule has 0 radical (unpaired) electrons. The van der Waals surface area contributed by atoms with Crippen LogP contribution in [0.25, 0.3) is 0 Å². The van der Waals surface area contributed by atoms with Gasteiger partial charge in [0.25, 0.3) is 0 Å². The quantitative estimate of drug-likeness (QED) is 0.873. The fourth-order valence-corrected chi connectivity index (χ4v) is 2.91. The third-order valence-electron chi connectivity index (χ3n) is 3.83. The van der Waals surface area contributed by atoms with Gasteiger partial charge in [0.15, 0.2) is 0 Å². The summed E-state index contributed by atoms with van der Waals surface area (Å²) >= 11 is 0. The van der Waals surface area contributed by atoms with Crippen LogP contribution in [-0.4, -0.2) is 50.7 Å². The second-order valence-electron chi connectivity index (χ2n) is 5.73. The number of nitrogens with one attached hydrogen (secondary N) is 1. The molecular weight excluding hydrogens is 236 g/mol. The maximum Gasteiger partial charge on any atom is 0.0598 e. The molecule has 2 rings (SSSR count). The standard InChI is InChI=1S/C15H26N4/c1-16-10-14-4-7-17-11-15(14)19-8-5-13(6-9-19)12-18(2)3/h4,7,11,13,16H,5-6,8-10,12H2,1-3H3. The maximum atomic E-state index is 4.29. The van der Waals surface area contributed by atoms with E-state index in [0.29, 0.717) is 0 Å². The van der Waals surface area contributed by atoms with Gasteiger partial charge in [-0.3, -0.25) is 4.98 Å². The number of rotatable bonds is 5. The minimum Gasteiger partial charge on any atom is -0.370 e. The summed E-state index contributed by atoms with van der Waals surface area (Å²) in [6.07, 6.45) is 6.46. The molecule has 1 fully saturated rings. The highest BCUT2D eigenvalue weighted by Crippen LogP contribution is 2.25. The van der Waals surface area contributed by atoms with Gasteiger partial charge in [0.1, 0.15) is 0 Å². The van der Waals surface area contributed by atoms with Crippen LogP contribution in [-0.2, 0) is 6.54 Å². The van der Waals surface area contributed by atoms with E-state index in [9.17, 15) is 0 Å². The highest BCUT2D eigenvalue weighted by molar-refractivity contribution is 5.51. The molecule has 1 aliphatic rings. The molecule has 0 aliphatic carbocycles. The number of hydrogen-bond acceptors (Lipinski definition) is 4. The van der Waals surface area contributed by atoms with Gasteiger partial charge in [-0.05, 0) is 51.5 Å². The topological polar surface area (TPSA) is 31.4 Å². The minimum atomic E-state index is 0.843. The Morgan fingerprint density at radius 3 is 2.74 bits per heavy atom. The first-order chi connectivity index (χ1) is 9.20. The van der Waals surface area contributed by atoms with Gasteiger partial charge in [0.2, 0.25) is 0 Å². The van der Waals surface area contributed by atoms with E-state index in [4.69, 9.17) is 0 Å². The van der Waals surface area contributed by atoms with Gasteiger partial charge in [0.05, 0.1) is 11.9 Å². The van der Waals surface area contributed by atoms with Gasteiger partial charge < -0.3 is 15.1 Å². The van der Waals surface area contributed by atoms with Gasteiger partial charge in [-0.25, -0.2) is 0 Å². The third kappa shape index (κ3) is 3.91. The first-order valence-corrected chi connectivity index (χ1v) is 7.18. The van der Waals surface area contributed by atoms with Crippen LogP contribution >= 0.6 is 0 Å². The van der Waals surface area contributed by atoms with Gasteiger partial charge >= 0.3 is 0 Å². The summed E-state index contributed by atoms with van der Waals surface area (Å²) in [6.45, 7) is 4.43. The average molecular weight is 262 g/mol. The number of anilines is 1. The number of pyridine rings is 1. The Morgan fingerprint density at radius 1 is 1.37 bits per heavy atom. The van der Waals surface area contributed by atoms with E-state index in [1.165, 1.54) is 30.6 Å². The van der Waals surface area contributed by atoms with Crippen molar-refractivity contribution in [2.45, 2.75) is 19.4 Å². The van der Waals surface area contributed by atoms with Gasteiger partial charge in [-0.15, -0.1) is 0 Å². The normalized spacial score (nSPS) is 17.2. The SMILES string of the molecule is CNCc1ccncc1N1CCC(CN(C)C)CC1. The second-order valence-corrected chi connectivity index (χ2v) is 5.73. The summed E-state index contributed by atoms with van der Waals surface area (Å²) in [6, 6.07) is 2.12. The first kappa shape index (κ1) is 14.3. The Bertz CT molecular complexity index is 383. The van der Waals surface area contributed by atoms with Crippen molar-refractivity contribution in [1.29, 1.82) is 0 Å². The summed E-state index contributed by atoms with van der Waals surface area (Å²) in [5.74, 6) is 0.843. The lowest BCUT2D eigenvalue weighted by atomic mass is 9.95. The smallest absolute Gasteiger partial charge is 0.0598 e. The zero-order chi connectivity index (χ0) is 13.7. The second kappa shape index (κ2) is 6.87. The Morgan fingerprint density at radius 2 is 2.11 bits per heavy atom. The molecule has 2 heterocycles. The number of nitrogens with zero attached hydrogens (tertiary/aromatic N) is 3. The Kier molecular flexibility index (Phi) is 5.16. The van der Waals surface area contributed by atoms with E-state index in [2.05, 4.69) is 40.3 Å². The molecule has 106 valence electrons. The van der Waals surface area contributed by atoms with Crippen LogP contribution in [0.3, 0.4) is 0 Å². The summed E-state index contributed by atoms with van der Waals surface area (Å²) in [4.78, 5) is 9.09. The van der Waals surface area contributed by atoms with E-state index in [1.807, 2.05) is 19.4 Å². The molecule has 0 atom stereocenters. The van der Waals surface area contributed by atoms with Crippen LogP contribution in [0.1, 0.15) is 18.4 Å². The first-order valence-electron chi connectivity index (χ1n) is 7.18. The van der Waals surface area contributed by atoms with Crippen LogP contribution in [0.4, 0.5) is 5.69 Å². The highest BCUT2D eigenvalue weighted by atomic mass is 15.1. The molecule has 4 heteroatoms. The van der Waals surface area contributed by atoms with Crippen molar-refractivity contribution < 1.29 is 0 Å². The monoisotopic (exact) mass is 262 g/mol. The van der Waals surface area contributed by atoms with Crippen LogP contribution in [0, 0.1) is 5.92 Å². The van der Waals surface area contributed by atoms with Crippen molar-refractivity contribution in [3.05, 3.63) is 24.0 Å². The van der Waals surface area contributed by atoms with Crippen molar-refractivity contribution in [3.63, 3.8) is 0 Å². The zero-order valence-corrected chi connectivity index (χ0v) is 12.4. The lowest BCUT2D eigenvalue weighted by Gasteiger charge is -2.35. The average Bonchev–Trinajstić information content (AvgIpc) is 2.40. The van der Waals surface area contributed by atoms with E-state index in [0.717, 1.165) is 25.6 Å². The third-order valence-corrected chi connectivity index (χ3v) is 3.83. The molecule has 1 aliphatic heterocycles. The minimum absolute atomic E-state index is 0.843. The van der Waals surface area contributed by atoms with Gasteiger partial charge in [-0.1, -0.05) is 0 Å². The number of aromatic nitrogens is 1. The van der Waals surface area contributed by atoms with Crippen LogP contribution in [0.2, 0.25) is 0 Å². The van der Waals surface area contributed by atoms with E-state index in [1.54, 1.807) is 0 Å². The summed E-state index contributed by atoms with van der Waals surface area (Å²) in [7, 11) is 6.32. The molecule has 1 aromatic heterocycles. The zero-order valence-electron chi connectivity index (χ0n) is 12.4. The van der Waals surface area contributed by atoms with Crippen molar-refractivity contribution in [1.82, 2.24) is 15.2 Å². The molecule has 0 aromatic carbocycles. The highest BCUT2D eigenvalue weighted by Gasteiger charge is 2.21. The van der Waals surface area contributed by atoms with Gasteiger partial charge in [0, 0.05) is 32.4 Å². The molecule has 0 bridgehead atoms. The van der Waals surface area contributed by atoms with Crippen LogP contribution in [0.5, 0.6) is 0 Å². The Hall–Kier alpha value is -1.13. The fraction of sp³-hybridized carbons (Fsp3) is 0.667. The van der Waals surface area contributed by atoms with Gasteiger partial charge in [-0.2, -0.15) is 0 Å². The molecule has 0 unspecified atom stereocenters. The Labute approximate surface area is 116 Å². The summed E-state index contributed by atoms with van der Waals surface area (Å²) in [5.41, 5.74) is 2.66. The molecule has 0 spiro atoms. The molecule has 1 saturated heterocycles. The van der Waals surface area contributed by atoms with Crippen molar-refractivity contribution in [2.75, 3.05) is 45.7 Å². The van der Waals surface area contributed by atoms with Crippen molar-refractivity contribution >= 4 is 5.69 Å². The lowest BCUT2D eigenvalue weighted by molar-refractivity contribution is 0.285. The summed E-state index contributed by atoms with van der Waals surface area (Å²) < 4.78 is 0. The van der Waals surface area contributed by atoms with Crippen LogP contribution in [0.15, 0.2) is 18.5 Å². The van der Waals surface area contributed by atoms with Crippen molar-refractivity contribution in [2.24, 2.45) is 5.92 Å². The predicted octanol–water partition coefficient (Wildman–Crippen LogP) is 1.58. The maximum absolute atomic E-state index is 4.29. The Balaban J connectivity index is 1.97. The molecule has 19 heavy (non-hydrogen) atoms. The fourth-order valence-electron chi connectivity index (χ4n) is 2.91. The van der Waals surface area contributed by atoms with Crippen molar-refractivity contribution in [3.8, 4) is 0 Å². The number of piperidine rings is 1. The molecular formula is C15H26N4.